The average Bonchev–Trinajstić information content (AvgIpc) is 1.89. The molecule has 0 aliphatic heterocycles. The van der Waals surface area contributed by atoms with Gasteiger partial charge in [-0.15, -0.1) is 0 Å². The van der Waals surface area contributed by atoms with E-state index in [1.807, 2.05) is 0 Å². The van der Waals surface area contributed by atoms with E-state index in [9.17, 15) is 0 Å². The molecule has 0 aromatic heterocycles. The summed E-state index contributed by atoms with van der Waals surface area (Å²) in [6.45, 7) is 0. The monoisotopic (exact) mass is 210 g/mol. The van der Waals surface area contributed by atoms with Crippen LogP contribution < -0.4 is 10.2 Å². The average molecular weight is 211 g/mol. The number of carbonyl (C=O) groups excluding carboxylic acids is 4. The Balaban J connectivity index is -0.000000107. The topological polar surface area (TPSA) is 114 Å². The molecule has 11 heavy (non-hydrogen) atoms. The van der Waals surface area contributed by atoms with Crippen molar-refractivity contribution < 1.29 is 48.9 Å². The summed E-state index contributed by atoms with van der Waals surface area (Å²) in [5.74, 6) is -3.35. The summed E-state index contributed by atoms with van der Waals surface area (Å²) in [4.78, 5) is 35.5. The summed E-state index contributed by atoms with van der Waals surface area (Å²) in [5, 5.41) is 17.8. The Morgan fingerprint density at radius 1 is 0.909 bits per heavy atom. The van der Waals surface area contributed by atoms with Crippen molar-refractivity contribution in [2.45, 2.75) is 0 Å². The second-order valence-corrected chi connectivity index (χ2v) is 0.874. The van der Waals surface area contributed by atoms with Gasteiger partial charge in [-0.1, -0.05) is 0 Å². The van der Waals surface area contributed by atoms with Gasteiger partial charge < -0.3 is 19.8 Å². The minimum absolute atomic E-state index is 0. The zero-order chi connectivity index (χ0) is 8.57. The summed E-state index contributed by atoms with van der Waals surface area (Å²) in [5.41, 5.74) is 0. The van der Waals surface area contributed by atoms with Gasteiger partial charge in [0.05, 0.1) is 0 Å². The van der Waals surface area contributed by atoms with Crippen LogP contribution in [-0.2, 0) is 38.7 Å². The molecule has 0 saturated heterocycles. The van der Waals surface area contributed by atoms with Gasteiger partial charge in [0.25, 0.3) is 0 Å². The minimum Gasteiger partial charge on any atom is -0.542 e. The van der Waals surface area contributed by atoms with Gasteiger partial charge in [0.15, 0.2) is 12.6 Å². The molecule has 0 unspecified atom stereocenters. The van der Waals surface area contributed by atoms with E-state index in [1.54, 1.807) is 0 Å². The molecule has 0 fully saturated rings. The summed E-state index contributed by atoms with van der Waals surface area (Å²) in [6.07, 6.45) is -0.556. The zero-order valence-corrected chi connectivity index (χ0v) is 8.28. The standard InChI is InChI=1S/2C2H2O3.Zn/c2*3-1-2(4)5;/h2*1H,(H,4,5);/q;;+2/p-2. The first-order valence-electron chi connectivity index (χ1n) is 1.87. The molecule has 0 heterocycles. The molecule has 7 heteroatoms. The van der Waals surface area contributed by atoms with Gasteiger partial charge >= 0.3 is 19.5 Å². The first kappa shape index (κ1) is 16.5. The van der Waals surface area contributed by atoms with Crippen LogP contribution >= 0.6 is 0 Å². The van der Waals surface area contributed by atoms with E-state index in [1.165, 1.54) is 0 Å². The van der Waals surface area contributed by atoms with Crippen molar-refractivity contribution >= 4 is 24.5 Å². The second kappa shape index (κ2) is 11.7. The SMILES string of the molecule is O=CC(=O)[O-].O=CC(=O)[O-].[Zn+2]. The molecular formula is C4H2O6Zn. The number of carbonyl (C=O) groups is 4. The molecule has 56 valence electrons. The quantitative estimate of drug-likeness (QED) is 0.260. The number of hydrogen-bond acceptors (Lipinski definition) is 6. The van der Waals surface area contributed by atoms with Crippen LogP contribution in [0.15, 0.2) is 0 Å². The maximum Gasteiger partial charge on any atom is 2.00 e. The summed E-state index contributed by atoms with van der Waals surface area (Å²) in [6, 6.07) is 0. The molecule has 6 nitrogen and oxygen atoms in total. The molecule has 0 aliphatic rings. The maximum atomic E-state index is 8.89. The van der Waals surface area contributed by atoms with Gasteiger partial charge in [0, 0.05) is 0 Å². The van der Waals surface area contributed by atoms with Crippen molar-refractivity contribution in [1.82, 2.24) is 0 Å². The predicted octanol–water partition coefficient (Wildman–Crippen LogP) is -4.13. The molecule has 0 N–H and O–H groups in total. The molecule has 0 aliphatic carbocycles. The normalized spacial score (nSPS) is 5.82. The molecule has 0 amide bonds. The van der Waals surface area contributed by atoms with Gasteiger partial charge in [-0.25, -0.2) is 0 Å². The molecule has 0 saturated carbocycles. The van der Waals surface area contributed by atoms with Crippen LogP contribution in [0.3, 0.4) is 0 Å². The van der Waals surface area contributed by atoms with Crippen molar-refractivity contribution in [3.63, 3.8) is 0 Å². The van der Waals surface area contributed by atoms with Gasteiger partial charge in [0.2, 0.25) is 0 Å². The fourth-order valence-corrected chi connectivity index (χ4v) is 0. The number of aldehydes is 2. The molecular weight excluding hydrogens is 209 g/mol. The van der Waals surface area contributed by atoms with Crippen molar-refractivity contribution in [1.29, 1.82) is 0 Å². The number of rotatable bonds is 2. The third-order valence-corrected chi connectivity index (χ3v) is 0.192. The third-order valence-electron chi connectivity index (χ3n) is 0.192. The van der Waals surface area contributed by atoms with Crippen LogP contribution in [0, 0.1) is 0 Å². The first-order chi connectivity index (χ1) is 4.54. The molecule has 0 rings (SSSR count). The largest absolute Gasteiger partial charge is 2.00 e. The smallest absolute Gasteiger partial charge is 0.542 e. The Hall–Kier alpha value is -1.10. The van der Waals surface area contributed by atoms with E-state index >= 15 is 0 Å². The first-order valence-corrected chi connectivity index (χ1v) is 1.87. The number of aliphatic carboxylic acids is 2. The van der Waals surface area contributed by atoms with E-state index < -0.39 is 11.9 Å². The van der Waals surface area contributed by atoms with Gasteiger partial charge in [-0.05, 0) is 0 Å². The predicted molar refractivity (Wildman–Crippen MR) is 22.1 cm³/mol. The van der Waals surface area contributed by atoms with Crippen LogP contribution in [0.2, 0.25) is 0 Å². The van der Waals surface area contributed by atoms with Crippen molar-refractivity contribution in [2.24, 2.45) is 0 Å². The summed E-state index contributed by atoms with van der Waals surface area (Å²) in [7, 11) is 0. The van der Waals surface area contributed by atoms with Crippen molar-refractivity contribution in [3.8, 4) is 0 Å². The van der Waals surface area contributed by atoms with Crippen molar-refractivity contribution in [3.05, 3.63) is 0 Å². The van der Waals surface area contributed by atoms with E-state index in [0.29, 0.717) is 0 Å². The van der Waals surface area contributed by atoms with Crippen LogP contribution in [0.1, 0.15) is 0 Å². The second-order valence-electron chi connectivity index (χ2n) is 0.874. The van der Waals surface area contributed by atoms with Crippen LogP contribution in [0.5, 0.6) is 0 Å². The van der Waals surface area contributed by atoms with E-state index in [-0.39, 0.29) is 32.1 Å². The Morgan fingerprint density at radius 2 is 1.00 bits per heavy atom. The number of carboxylic acids is 2. The summed E-state index contributed by atoms with van der Waals surface area (Å²) < 4.78 is 0. The fourth-order valence-electron chi connectivity index (χ4n) is 0. The molecule has 0 bridgehead atoms. The third kappa shape index (κ3) is 50.3. The Bertz CT molecular complexity index is 135. The van der Waals surface area contributed by atoms with Crippen LogP contribution in [0.25, 0.3) is 0 Å². The molecule has 0 spiro atoms. The fraction of sp³-hybridized carbons (Fsp3) is 0. The molecule has 0 aromatic rings. The van der Waals surface area contributed by atoms with Crippen molar-refractivity contribution in [2.75, 3.05) is 0 Å². The Morgan fingerprint density at radius 3 is 1.00 bits per heavy atom. The van der Waals surface area contributed by atoms with Gasteiger partial charge in [-0.2, -0.15) is 0 Å². The molecule has 0 atom stereocenters. The van der Waals surface area contributed by atoms with E-state index in [4.69, 9.17) is 29.4 Å². The molecule has 0 aromatic carbocycles. The number of carboxylic acid groups (broad SMARTS) is 2. The Labute approximate surface area is 74.0 Å². The number of hydrogen-bond donors (Lipinski definition) is 0. The Kier molecular flexibility index (Phi) is 17.5. The van der Waals surface area contributed by atoms with E-state index in [2.05, 4.69) is 0 Å². The van der Waals surface area contributed by atoms with E-state index in [0.717, 1.165) is 0 Å². The van der Waals surface area contributed by atoms with Crippen LogP contribution in [0.4, 0.5) is 0 Å². The van der Waals surface area contributed by atoms with Crippen LogP contribution in [-0.4, -0.2) is 24.5 Å². The zero-order valence-electron chi connectivity index (χ0n) is 5.31. The minimum atomic E-state index is -1.68. The van der Waals surface area contributed by atoms with Gasteiger partial charge in [0.1, 0.15) is 11.9 Å². The molecule has 0 radical (unpaired) electrons. The van der Waals surface area contributed by atoms with Gasteiger partial charge in [-0.3, -0.25) is 9.59 Å². The summed E-state index contributed by atoms with van der Waals surface area (Å²) >= 11 is 0. The maximum absolute atomic E-state index is 8.89.